The molecule has 0 aromatic heterocycles. The minimum atomic E-state index is -0.494. The molecule has 0 heterocycles. The molecule has 0 saturated carbocycles. The van der Waals surface area contributed by atoms with Gasteiger partial charge in [-0.05, 0) is 85.0 Å². The Morgan fingerprint density at radius 3 is 2.42 bits per heavy atom. The second-order valence-electron chi connectivity index (χ2n) is 8.31. The molecule has 0 aliphatic heterocycles. The van der Waals surface area contributed by atoms with E-state index in [1.165, 1.54) is 6.21 Å². The number of benzene rings is 3. The molecule has 3 rings (SSSR count). The van der Waals surface area contributed by atoms with Gasteiger partial charge in [0.25, 0.3) is 5.91 Å². The highest BCUT2D eigenvalue weighted by Crippen LogP contribution is 2.29. The lowest BCUT2D eigenvalue weighted by Gasteiger charge is -2.14. The van der Waals surface area contributed by atoms with Crippen LogP contribution in [0.3, 0.4) is 0 Å². The summed E-state index contributed by atoms with van der Waals surface area (Å²) in [5.74, 6) is 0.775. The maximum atomic E-state index is 12.5. The van der Waals surface area contributed by atoms with Crippen LogP contribution in [0.5, 0.6) is 17.2 Å². The molecule has 0 bridgehead atoms. The Morgan fingerprint density at radius 2 is 1.72 bits per heavy atom. The van der Waals surface area contributed by atoms with E-state index >= 15 is 0 Å². The molecule has 0 fully saturated rings. The number of esters is 1. The fourth-order valence-electron chi connectivity index (χ4n) is 3.30. The molecule has 0 aliphatic rings. The molecule has 36 heavy (non-hydrogen) atoms. The number of aryl methyl sites for hydroxylation is 1. The van der Waals surface area contributed by atoms with Crippen molar-refractivity contribution in [2.24, 2.45) is 5.10 Å². The SMILES string of the molecule is CCOc1cc(/C=N\NC(=O)COc2cc(C)ccc2C(C)C)ccc1OC(=O)c1ccc(Br)cc1. The summed E-state index contributed by atoms with van der Waals surface area (Å²) in [6.07, 6.45) is 1.48. The van der Waals surface area contributed by atoms with Gasteiger partial charge in [-0.15, -0.1) is 0 Å². The molecule has 7 nitrogen and oxygen atoms in total. The van der Waals surface area contributed by atoms with Crippen LogP contribution in [0.15, 0.2) is 70.2 Å². The highest BCUT2D eigenvalue weighted by Gasteiger charge is 2.14. The molecule has 0 saturated heterocycles. The van der Waals surface area contributed by atoms with E-state index in [-0.39, 0.29) is 18.4 Å². The number of nitrogens with one attached hydrogen (secondary N) is 1. The fourth-order valence-corrected chi connectivity index (χ4v) is 3.56. The van der Waals surface area contributed by atoms with Crippen molar-refractivity contribution in [1.82, 2.24) is 5.43 Å². The van der Waals surface area contributed by atoms with Gasteiger partial charge in [-0.25, -0.2) is 10.2 Å². The molecule has 188 valence electrons. The second-order valence-corrected chi connectivity index (χ2v) is 9.23. The van der Waals surface area contributed by atoms with E-state index in [1.807, 2.05) is 32.0 Å². The summed E-state index contributed by atoms with van der Waals surface area (Å²) in [7, 11) is 0. The molecule has 0 unspecified atom stereocenters. The average Bonchev–Trinajstić information content (AvgIpc) is 2.84. The molecule has 0 radical (unpaired) electrons. The summed E-state index contributed by atoms with van der Waals surface area (Å²) >= 11 is 3.34. The Labute approximate surface area is 219 Å². The van der Waals surface area contributed by atoms with E-state index in [0.29, 0.717) is 35.0 Å². The molecule has 0 atom stereocenters. The van der Waals surface area contributed by atoms with Gasteiger partial charge in [-0.2, -0.15) is 5.10 Å². The number of rotatable bonds is 10. The van der Waals surface area contributed by atoms with Crippen LogP contribution in [0.2, 0.25) is 0 Å². The Morgan fingerprint density at radius 1 is 0.972 bits per heavy atom. The number of nitrogens with zero attached hydrogens (tertiary/aromatic N) is 1. The highest BCUT2D eigenvalue weighted by atomic mass is 79.9. The van der Waals surface area contributed by atoms with Crippen LogP contribution in [-0.4, -0.2) is 31.3 Å². The van der Waals surface area contributed by atoms with Crippen molar-refractivity contribution in [3.05, 3.63) is 87.4 Å². The molecule has 1 N–H and O–H groups in total. The Balaban J connectivity index is 1.61. The Hall–Kier alpha value is -3.65. The van der Waals surface area contributed by atoms with Crippen LogP contribution >= 0.6 is 15.9 Å². The second kappa shape index (κ2) is 12.9. The summed E-state index contributed by atoms with van der Waals surface area (Å²) in [6, 6.07) is 17.8. The molecule has 1 amide bonds. The van der Waals surface area contributed by atoms with Gasteiger partial charge in [-0.1, -0.05) is 41.9 Å². The van der Waals surface area contributed by atoms with Gasteiger partial charge in [0.05, 0.1) is 18.4 Å². The van der Waals surface area contributed by atoms with E-state index in [4.69, 9.17) is 14.2 Å². The van der Waals surface area contributed by atoms with Crippen LogP contribution in [0, 0.1) is 6.92 Å². The predicted molar refractivity (Wildman–Crippen MR) is 143 cm³/mol. The normalized spacial score (nSPS) is 10.9. The van der Waals surface area contributed by atoms with Gasteiger partial charge in [0, 0.05) is 4.47 Å². The van der Waals surface area contributed by atoms with Crippen LogP contribution in [0.4, 0.5) is 0 Å². The summed E-state index contributed by atoms with van der Waals surface area (Å²) in [5.41, 5.74) is 5.64. The third-order valence-corrected chi connectivity index (χ3v) is 5.63. The maximum absolute atomic E-state index is 12.5. The lowest BCUT2D eigenvalue weighted by Crippen LogP contribution is -2.25. The van der Waals surface area contributed by atoms with Crippen LogP contribution < -0.4 is 19.6 Å². The first kappa shape index (κ1) is 26.9. The molecule has 8 heteroatoms. The van der Waals surface area contributed by atoms with Crippen LogP contribution in [-0.2, 0) is 4.79 Å². The van der Waals surface area contributed by atoms with Gasteiger partial charge >= 0.3 is 5.97 Å². The lowest BCUT2D eigenvalue weighted by molar-refractivity contribution is -0.123. The van der Waals surface area contributed by atoms with E-state index < -0.39 is 5.97 Å². The predicted octanol–water partition coefficient (Wildman–Crippen LogP) is 6.03. The Bertz CT molecular complexity index is 1240. The van der Waals surface area contributed by atoms with Crippen molar-refractivity contribution >= 4 is 34.0 Å². The average molecular weight is 553 g/mol. The summed E-state index contributed by atoms with van der Waals surface area (Å²) in [4.78, 5) is 24.7. The molecular formula is C28H29BrN2O5. The van der Waals surface area contributed by atoms with Crippen molar-refractivity contribution in [3.63, 3.8) is 0 Å². The molecule has 0 aliphatic carbocycles. The van der Waals surface area contributed by atoms with Gasteiger partial charge in [0.2, 0.25) is 0 Å². The number of hydrazone groups is 1. The number of carbonyl (C=O) groups excluding carboxylic acids is 2. The molecule has 0 spiro atoms. The maximum Gasteiger partial charge on any atom is 0.343 e. The first-order valence-corrected chi connectivity index (χ1v) is 12.4. The molecule has 3 aromatic carbocycles. The number of hydrogen-bond acceptors (Lipinski definition) is 6. The molecular weight excluding hydrogens is 524 g/mol. The lowest BCUT2D eigenvalue weighted by atomic mass is 10.0. The van der Waals surface area contributed by atoms with Gasteiger partial charge in [0.15, 0.2) is 18.1 Å². The topological polar surface area (TPSA) is 86.2 Å². The minimum absolute atomic E-state index is 0.157. The smallest absolute Gasteiger partial charge is 0.343 e. The fraction of sp³-hybridized carbons (Fsp3) is 0.250. The zero-order valence-electron chi connectivity index (χ0n) is 20.7. The largest absolute Gasteiger partial charge is 0.490 e. The van der Waals surface area contributed by atoms with Crippen molar-refractivity contribution in [2.75, 3.05) is 13.2 Å². The third kappa shape index (κ3) is 7.68. The first-order chi connectivity index (χ1) is 17.3. The standard InChI is InChI=1S/C28H29BrN2O5/c1-5-34-26-15-20(7-13-24(26)36-28(33)21-8-10-22(29)11-9-21)16-30-31-27(32)17-35-25-14-19(4)6-12-23(25)18(2)3/h6-16,18H,5,17H2,1-4H3,(H,31,32)/b30-16-. The van der Waals surface area contributed by atoms with E-state index in [2.05, 4.69) is 40.3 Å². The number of carbonyl (C=O) groups is 2. The highest BCUT2D eigenvalue weighted by molar-refractivity contribution is 9.10. The first-order valence-electron chi connectivity index (χ1n) is 11.6. The summed E-state index contributed by atoms with van der Waals surface area (Å²) in [5, 5.41) is 4.00. The number of halogens is 1. The number of amides is 1. The van der Waals surface area contributed by atoms with Crippen molar-refractivity contribution in [1.29, 1.82) is 0 Å². The van der Waals surface area contributed by atoms with Crippen LogP contribution in [0.1, 0.15) is 53.7 Å². The van der Waals surface area contributed by atoms with Crippen molar-refractivity contribution in [3.8, 4) is 17.2 Å². The van der Waals surface area contributed by atoms with E-state index in [9.17, 15) is 9.59 Å². The minimum Gasteiger partial charge on any atom is -0.490 e. The van der Waals surface area contributed by atoms with Gasteiger partial charge < -0.3 is 14.2 Å². The van der Waals surface area contributed by atoms with Crippen LogP contribution in [0.25, 0.3) is 0 Å². The Kier molecular flexibility index (Phi) is 9.64. The third-order valence-electron chi connectivity index (χ3n) is 5.10. The van der Waals surface area contributed by atoms with Crippen molar-refractivity contribution in [2.45, 2.75) is 33.6 Å². The molecule has 3 aromatic rings. The zero-order valence-corrected chi connectivity index (χ0v) is 22.3. The summed E-state index contributed by atoms with van der Waals surface area (Å²) < 4.78 is 17.8. The summed E-state index contributed by atoms with van der Waals surface area (Å²) in [6.45, 7) is 8.19. The van der Waals surface area contributed by atoms with E-state index in [1.54, 1.807) is 42.5 Å². The quantitative estimate of drug-likeness (QED) is 0.144. The van der Waals surface area contributed by atoms with Crippen molar-refractivity contribution < 1.29 is 23.8 Å². The van der Waals surface area contributed by atoms with Gasteiger partial charge in [-0.3, -0.25) is 4.79 Å². The number of ether oxygens (including phenoxy) is 3. The zero-order chi connectivity index (χ0) is 26.1. The monoisotopic (exact) mass is 552 g/mol. The van der Waals surface area contributed by atoms with Gasteiger partial charge in [0.1, 0.15) is 5.75 Å². The number of hydrogen-bond donors (Lipinski definition) is 1. The van der Waals surface area contributed by atoms with E-state index in [0.717, 1.165) is 15.6 Å².